The van der Waals surface area contributed by atoms with Crippen LogP contribution in [0.25, 0.3) is 0 Å². The van der Waals surface area contributed by atoms with Gasteiger partial charge in [-0.1, -0.05) is 12.5 Å². The predicted octanol–water partition coefficient (Wildman–Crippen LogP) is 2.00. The molecule has 1 aliphatic heterocycles. The molecule has 118 valence electrons. The number of rotatable bonds is 5. The molecule has 0 spiro atoms. The summed E-state index contributed by atoms with van der Waals surface area (Å²) in [5.41, 5.74) is 0.594. The fraction of sp³-hybridized carbons (Fsp3) is 0.571. The van der Waals surface area contributed by atoms with E-state index in [1.807, 2.05) is 0 Å². The van der Waals surface area contributed by atoms with Crippen LogP contribution in [-0.2, 0) is 16.8 Å². The smallest absolute Gasteiger partial charge is 0.282 e. The number of nitrogens with zero attached hydrogens (tertiary/aromatic N) is 2. The van der Waals surface area contributed by atoms with Crippen LogP contribution < -0.4 is 4.74 Å². The van der Waals surface area contributed by atoms with Crippen molar-refractivity contribution in [3.63, 3.8) is 0 Å². The first-order valence-electron chi connectivity index (χ1n) is 6.99. The Hall–Kier alpha value is -1.18. The molecule has 0 amide bonds. The Labute approximate surface area is 125 Å². The summed E-state index contributed by atoms with van der Waals surface area (Å²) in [4.78, 5) is 0. The summed E-state index contributed by atoms with van der Waals surface area (Å²) in [5.74, 6) is -0.334. The summed E-state index contributed by atoms with van der Waals surface area (Å²) in [6.45, 7) is 1.26. The van der Waals surface area contributed by atoms with Gasteiger partial charge in [0.05, 0.1) is 7.11 Å². The molecule has 5 nitrogen and oxygen atoms in total. The highest BCUT2D eigenvalue weighted by atomic mass is 32.2. The Bertz CT molecular complexity index is 586. The van der Waals surface area contributed by atoms with Crippen LogP contribution in [-0.4, -0.2) is 44.3 Å². The molecule has 1 aromatic rings. The van der Waals surface area contributed by atoms with Gasteiger partial charge in [0.1, 0.15) is 0 Å². The molecule has 1 aromatic carbocycles. The average Bonchev–Trinajstić information content (AvgIpc) is 2.48. The van der Waals surface area contributed by atoms with Crippen molar-refractivity contribution in [2.45, 2.75) is 25.8 Å². The minimum atomic E-state index is -3.48. The van der Waals surface area contributed by atoms with Gasteiger partial charge >= 0.3 is 0 Å². The fourth-order valence-corrected chi connectivity index (χ4v) is 3.87. The third kappa shape index (κ3) is 3.72. The normalized spacial score (nSPS) is 17.1. The molecule has 0 atom stereocenters. The van der Waals surface area contributed by atoms with Crippen LogP contribution in [0.1, 0.15) is 24.8 Å². The predicted molar refractivity (Wildman–Crippen MR) is 78.8 cm³/mol. The topological polar surface area (TPSA) is 49.9 Å². The largest absolute Gasteiger partial charge is 0.494 e. The lowest BCUT2D eigenvalue weighted by molar-refractivity contribution is 0.314. The molecule has 1 fully saturated rings. The monoisotopic (exact) mass is 316 g/mol. The summed E-state index contributed by atoms with van der Waals surface area (Å²) in [6.07, 6.45) is 2.86. The van der Waals surface area contributed by atoms with Crippen LogP contribution in [0.5, 0.6) is 5.75 Å². The van der Waals surface area contributed by atoms with Gasteiger partial charge in [-0.15, -0.1) is 0 Å². The lowest BCUT2D eigenvalue weighted by Crippen LogP contribution is -2.44. The molecule has 1 heterocycles. The third-order valence-corrected chi connectivity index (χ3v) is 5.59. The van der Waals surface area contributed by atoms with Crippen LogP contribution >= 0.6 is 0 Å². The van der Waals surface area contributed by atoms with Gasteiger partial charge in [0.2, 0.25) is 0 Å². The Balaban J connectivity index is 2.09. The first-order valence-corrected chi connectivity index (χ1v) is 8.38. The van der Waals surface area contributed by atoms with Crippen molar-refractivity contribution >= 4 is 10.2 Å². The van der Waals surface area contributed by atoms with Crippen LogP contribution in [0.2, 0.25) is 0 Å². The van der Waals surface area contributed by atoms with Crippen molar-refractivity contribution in [1.82, 2.24) is 8.61 Å². The molecule has 0 bridgehead atoms. The van der Waals surface area contributed by atoms with Gasteiger partial charge in [-0.3, -0.25) is 0 Å². The molecule has 0 radical (unpaired) electrons. The molecule has 1 aliphatic rings. The van der Waals surface area contributed by atoms with Gasteiger partial charge in [-0.25, -0.2) is 4.39 Å². The van der Waals surface area contributed by atoms with Gasteiger partial charge in [-0.05, 0) is 30.5 Å². The molecule has 1 saturated heterocycles. The van der Waals surface area contributed by atoms with Gasteiger partial charge in [0.25, 0.3) is 10.2 Å². The second kappa shape index (κ2) is 6.72. The Morgan fingerprint density at radius 2 is 1.95 bits per heavy atom. The number of methoxy groups -OCH3 is 1. The van der Waals surface area contributed by atoms with Crippen molar-refractivity contribution in [2.75, 3.05) is 27.2 Å². The molecule has 0 aromatic heterocycles. The lowest BCUT2D eigenvalue weighted by Gasteiger charge is -2.30. The number of benzene rings is 1. The second-order valence-electron chi connectivity index (χ2n) is 5.19. The van der Waals surface area contributed by atoms with E-state index in [9.17, 15) is 12.8 Å². The summed E-state index contributed by atoms with van der Waals surface area (Å²) >= 11 is 0. The molecular weight excluding hydrogens is 295 g/mol. The molecular formula is C14H21FN2O3S. The van der Waals surface area contributed by atoms with E-state index < -0.39 is 16.0 Å². The summed E-state index contributed by atoms with van der Waals surface area (Å²) in [7, 11) is -0.562. The maximum Gasteiger partial charge on any atom is 0.282 e. The van der Waals surface area contributed by atoms with Gasteiger partial charge in [0.15, 0.2) is 11.6 Å². The number of ether oxygens (including phenoxy) is 1. The number of halogens is 1. The van der Waals surface area contributed by atoms with Crippen LogP contribution in [0.4, 0.5) is 4.39 Å². The molecule has 0 unspecified atom stereocenters. The standard InChI is InChI=1S/C14H21FN2O3S/c1-16(21(18,19)17-8-4-3-5-9-17)11-12-6-7-14(20-2)13(15)10-12/h6-7,10H,3-5,8-9,11H2,1-2H3. The Kier molecular flexibility index (Phi) is 5.18. The van der Waals surface area contributed by atoms with E-state index in [2.05, 4.69) is 0 Å². The summed E-state index contributed by atoms with van der Waals surface area (Å²) in [6, 6.07) is 4.48. The third-order valence-electron chi connectivity index (χ3n) is 3.66. The zero-order chi connectivity index (χ0) is 15.5. The van der Waals surface area contributed by atoms with E-state index in [0.717, 1.165) is 19.3 Å². The van der Waals surface area contributed by atoms with E-state index in [1.165, 1.54) is 34.9 Å². The lowest BCUT2D eigenvalue weighted by atomic mass is 10.2. The highest BCUT2D eigenvalue weighted by molar-refractivity contribution is 7.86. The summed E-state index contributed by atoms with van der Waals surface area (Å²) in [5, 5.41) is 0. The second-order valence-corrected chi connectivity index (χ2v) is 7.23. The Morgan fingerprint density at radius 3 is 2.52 bits per heavy atom. The minimum Gasteiger partial charge on any atom is -0.494 e. The fourth-order valence-electron chi connectivity index (χ4n) is 2.44. The van der Waals surface area contributed by atoms with Crippen LogP contribution in [0.3, 0.4) is 0 Å². The zero-order valence-corrected chi connectivity index (χ0v) is 13.2. The molecule has 7 heteroatoms. The minimum absolute atomic E-state index is 0.139. The quantitative estimate of drug-likeness (QED) is 0.835. The molecule has 2 rings (SSSR count). The SMILES string of the molecule is COc1ccc(CN(C)S(=O)(=O)N2CCCCC2)cc1F. The molecule has 21 heavy (non-hydrogen) atoms. The van der Waals surface area contributed by atoms with E-state index in [1.54, 1.807) is 6.07 Å². The van der Waals surface area contributed by atoms with E-state index in [0.29, 0.717) is 18.7 Å². The van der Waals surface area contributed by atoms with Crippen LogP contribution in [0.15, 0.2) is 18.2 Å². The van der Waals surface area contributed by atoms with Crippen LogP contribution in [0, 0.1) is 5.82 Å². The maximum absolute atomic E-state index is 13.6. The Morgan fingerprint density at radius 1 is 1.29 bits per heavy atom. The van der Waals surface area contributed by atoms with E-state index in [-0.39, 0.29) is 12.3 Å². The zero-order valence-electron chi connectivity index (χ0n) is 12.4. The number of hydrogen-bond donors (Lipinski definition) is 0. The summed E-state index contributed by atoms with van der Waals surface area (Å²) < 4.78 is 46.1. The van der Waals surface area contributed by atoms with Crippen molar-refractivity contribution in [1.29, 1.82) is 0 Å². The highest BCUT2D eigenvalue weighted by Crippen LogP contribution is 2.21. The van der Waals surface area contributed by atoms with Gasteiger partial charge in [0, 0.05) is 26.7 Å². The van der Waals surface area contributed by atoms with Crippen molar-refractivity contribution in [3.8, 4) is 5.75 Å². The van der Waals surface area contributed by atoms with E-state index >= 15 is 0 Å². The molecule has 0 N–H and O–H groups in total. The number of hydrogen-bond acceptors (Lipinski definition) is 3. The maximum atomic E-state index is 13.6. The molecule has 0 aliphatic carbocycles. The average molecular weight is 316 g/mol. The first-order chi connectivity index (χ1) is 9.95. The highest BCUT2D eigenvalue weighted by Gasteiger charge is 2.28. The van der Waals surface area contributed by atoms with E-state index in [4.69, 9.17) is 4.74 Å². The molecule has 0 saturated carbocycles. The van der Waals surface area contributed by atoms with Crippen molar-refractivity contribution in [3.05, 3.63) is 29.6 Å². The van der Waals surface area contributed by atoms with Gasteiger partial charge < -0.3 is 4.74 Å². The number of piperidine rings is 1. The van der Waals surface area contributed by atoms with Crippen molar-refractivity contribution < 1.29 is 17.5 Å². The van der Waals surface area contributed by atoms with Crippen molar-refractivity contribution in [2.24, 2.45) is 0 Å². The van der Waals surface area contributed by atoms with Gasteiger partial charge in [-0.2, -0.15) is 17.0 Å². The first kappa shape index (κ1) is 16.2.